The van der Waals surface area contributed by atoms with Gasteiger partial charge in [-0.1, -0.05) is 48.5 Å². The quantitative estimate of drug-likeness (QED) is 0.544. The molecule has 36 heavy (non-hydrogen) atoms. The summed E-state index contributed by atoms with van der Waals surface area (Å²) in [6.45, 7) is 11.4. The van der Waals surface area contributed by atoms with Gasteiger partial charge in [0.1, 0.15) is 5.54 Å². The number of piperidine rings is 1. The van der Waals surface area contributed by atoms with E-state index in [1.807, 2.05) is 64.1 Å². The molecule has 0 saturated carbocycles. The molecule has 2 aromatic carbocycles. The molecule has 1 unspecified atom stereocenters. The first-order valence-corrected chi connectivity index (χ1v) is 12.5. The van der Waals surface area contributed by atoms with Gasteiger partial charge in [-0.05, 0) is 65.2 Å². The van der Waals surface area contributed by atoms with Crippen LogP contribution in [0.2, 0.25) is 0 Å². The summed E-state index contributed by atoms with van der Waals surface area (Å²) in [5.74, 6) is -1.16. The number of carbonyl (C=O) groups excluding carboxylic acids is 3. The number of hydrogen-bond acceptors (Lipinski definition) is 6. The summed E-state index contributed by atoms with van der Waals surface area (Å²) in [5, 5.41) is 3.05. The highest BCUT2D eigenvalue weighted by atomic mass is 16.6. The van der Waals surface area contributed by atoms with Crippen molar-refractivity contribution in [2.75, 3.05) is 6.61 Å². The molecule has 1 aliphatic rings. The van der Waals surface area contributed by atoms with E-state index < -0.39 is 28.8 Å². The van der Waals surface area contributed by atoms with Crippen LogP contribution in [0.5, 0.6) is 0 Å². The number of amides is 1. The Balaban J connectivity index is 2.01. The largest absolute Gasteiger partial charge is 0.464 e. The molecule has 194 valence electrons. The molecule has 1 heterocycles. The molecular weight excluding hydrogens is 456 g/mol. The van der Waals surface area contributed by atoms with Gasteiger partial charge in [-0.2, -0.15) is 0 Å². The van der Waals surface area contributed by atoms with Gasteiger partial charge in [0.15, 0.2) is 6.23 Å². The molecule has 1 amide bonds. The fraction of sp³-hybridized carbons (Fsp3) is 0.483. The maximum absolute atomic E-state index is 13.5. The maximum Gasteiger partial charge on any atom is 0.331 e. The molecule has 1 aliphatic heterocycles. The van der Waals surface area contributed by atoms with Crippen LogP contribution in [0.4, 0.5) is 0 Å². The molecule has 0 bridgehead atoms. The van der Waals surface area contributed by atoms with Gasteiger partial charge < -0.3 is 14.8 Å². The third-order valence-corrected chi connectivity index (χ3v) is 6.67. The summed E-state index contributed by atoms with van der Waals surface area (Å²) in [7, 11) is 0. The average Bonchev–Trinajstić information content (AvgIpc) is 2.78. The van der Waals surface area contributed by atoms with Gasteiger partial charge in [0, 0.05) is 30.0 Å². The van der Waals surface area contributed by atoms with Crippen molar-refractivity contribution in [2.24, 2.45) is 0 Å². The van der Waals surface area contributed by atoms with Crippen molar-refractivity contribution in [3.8, 4) is 0 Å². The van der Waals surface area contributed by atoms with Crippen LogP contribution in [0.25, 0.3) is 0 Å². The standard InChI is InChI=1S/C29H38N2O5/c1-7-35-26(34)29(30-25(33)23-16-12-9-13-17-23)19-27(3,4)31(28(5,6)20-29)24(36-21(2)32)18-22-14-10-8-11-15-22/h8-17,24H,7,18-20H2,1-6H3,(H,30,33). The highest BCUT2D eigenvalue weighted by Crippen LogP contribution is 2.46. The average molecular weight is 495 g/mol. The molecule has 0 radical (unpaired) electrons. The van der Waals surface area contributed by atoms with E-state index >= 15 is 0 Å². The van der Waals surface area contributed by atoms with Gasteiger partial charge in [0.25, 0.3) is 5.91 Å². The topological polar surface area (TPSA) is 84.9 Å². The van der Waals surface area contributed by atoms with E-state index in [9.17, 15) is 14.4 Å². The fourth-order valence-corrected chi connectivity index (χ4v) is 5.93. The molecular formula is C29H38N2O5. The second-order valence-electron chi connectivity index (χ2n) is 10.7. The minimum absolute atomic E-state index is 0.205. The van der Waals surface area contributed by atoms with E-state index in [-0.39, 0.29) is 31.3 Å². The Bertz CT molecular complexity index is 1050. The molecule has 1 fully saturated rings. The van der Waals surface area contributed by atoms with Gasteiger partial charge in [-0.25, -0.2) is 4.79 Å². The van der Waals surface area contributed by atoms with Crippen molar-refractivity contribution in [1.82, 2.24) is 10.2 Å². The Hall–Kier alpha value is -3.19. The predicted octanol–water partition coefficient (Wildman–Crippen LogP) is 4.50. The number of ether oxygens (including phenoxy) is 2. The Morgan fingerprint density at radius 3 is 1.94 bits per heavy atom. The van der Waals surface area contributed by atoms with Crippen LogP contribution in [0.1, 0.15) is 70.3 Å². The van der Waals surface area contributed by atoms with Crippen LogP contribution in [-0.4, -0.2) is 52.2 Å². The third kappa shape index (κ3) is 6.13. The maximum atomic E-state index is 13.5. The molecule has 2 aromatic rings. The highest BCUT2D eigenvalue weighted by molar-refractivity contribution is 5.98. The normalized spacial score (nSPS) is 19.1. The lowest BCUT2D eigenvalue weighted by atomic mass is 9.68. The summed E-state index contributed by atoms with van der Waals surface area (Å²) in [4.78, 5) is 41.0. The van der Waals surface area contributed by atoms with Gasteiger partial charge in [0.2, 0.25) is 0 Å². The molecule has 1 N–H and O–H groups in total. The van der Waals surface area contributed by atoms with Crippen molar-refractivity contribution < 1.29 is 23.9 Å². The lowest BCUT2D eigenvalue weighted by Gasteiger charge is -2.60. The Kier molecular flexibility index (Phi) is 8.24. The number of nitrogens with zero attached hydrogens (tertiary/aromatic N) is 1. The summed E-state index contributed by atoms with van der Waals surface area (Å²) >= 11 is 0. The van der Waals surface area contributed by atoms with E-state index in [0.29, 0.717) is 12.0 Å². The summed E-state index contributed by atoms with van der Waals surface area (Å²) in [6.07, 6.45) is 0.511. The number of hydrogen-bond donors (Lipinski definition) is 1. The molecule has 7 heteroatoms. The SMILES string of the molecule is CCOC(=O)C1(NC(=O)c2ccccc2)CC(C)(C)N(C(Cc2ccccc2)OC(C)=O)C(C)(C)C1. The van der Waals surface area contributed by atoms with E-state index in [2.05, 4.69) is 10.2 Å². The predicted molar refractivity (Wildman–Crippen MR) is 138 cm³/mol. The second kappa shape index (κ2) is 10.8. The number of carbonyl (C=O) groups is 3. The van der Waals surface area contributed by atoms with Crippen LogP contribution >= 0.6 is 0 Å². The van der Waals surface area contributed by atoms with Crippen molar-refractivity contribution in [3.05, 3.63) is 71.8 Å². The van der Waals surface area contributed by atoms with Crippen molar-refractivity contribution in [3.63, 3.8) is 0 Å². The smallest absolute Gasteiger partial charge is 0.331 e. The van der Waals surface area contributed by atoms with Crippen molar-refractivity contribution in [1.29, 1.82) is 0 Å². The van der Waals surface area contributed by atoms with Crippen molar-refractivity contribution >= 4 is 17.8 Å². The molecule has 7 nitrogen and oxygen atoms in total. The summed E-state index contributed by atoms with van der Waals surface area (Å²) < 4.78 is 11.4. The second-order valence-corrected chi connectivity index (χ2v) is 10.7. The lowest BCUT2D eigenvalue weighted by molar-refractivity contribution is -0.196. The fourth-order valence-electron chi connectivity index (χ4n) is 5.93. The Morgan fingerprint density at radius 1 is 0.917 bits per heavy atom. The van der Waals surface area contributed by atoms with Crippen LogP contribution in [0.3, 0.4) is 0 Å². The summed E-state index contributed by atoms with van der Waals surface area (Å²) in [5.41, 5.74) is -1.03. The zero-order valence-corrected chi connectivity index (χ0v) is 22.2. The molecule has 0 aromatic heterocycles. The first-order valence-electron chi connectivity index (χ1n) is 12.5. The molecule has 0 spiro atoms. The Morgan fingerprint density at radius 2 is 1.44 bits per heavy atom. The zero-order valence-electron chi connectivity index (χ0n) is 22.2. The third-order valence-electron chi connectivity index (χ3n) is 6.67. The summed E-state index contributed by atoms with van der Waals surface area (Å²) in [6, 6.07) is 18.7. The number of rotatable bonds is 8. The minimum atomic E-state index is -1.25. The van der Waals surface area contributed by atoms with Crippen molar-refractivity contribution in [2.45, 2.75) is 83.6 Å². The molecule has 1 saturated heterocycles. The first-order chi connectivity index (χ1) is 16.9. The minimum Gasteiger partial charge on any atom is -0.464 e. The van der Waals surface area contributed by atoms with Gasteiger partial charge in [-0.3, -0.25) is 14.5 Å². The van der Waals surface area contributed by atoms with Crippen LogP contribution in [0, 0.1) is 0 Å². The van der Waals surface area contributed by atoms with Gasteiger partial charge in [-0.15, -0.1) is 0 Å². The molecule has 1 atom stereocenters. The van der Waals surface area contributed by atoms with E-state index in [1.165, 1.54) is 6.92 Å². The monoisotopic (exact) mass is 494 g/mol. The zero-order chi connectivity index (χ0) is 26.6. The molecule has 3 rings (SSSR count). The lowest BCUT2D eigenvalue weighted by Crippen LogP contribution is -2.74. The number of benzene rings is 2. The Labute approximate surface area is 214 Å². The van der Waals surface area contributed by atoms with Crippen LogP contribution < -0.4 is 5.32 Å². The van der Waals surface area contributed by atoms with Crippen LogP contribution in [-0.2, 0) is 25.5 Å². The number of likely N-dealkylation sites (tertiary alicyclic amines) is 1. The van der Waals surface area contributed by atoms with Gasteiger partial charge in [0.05, 0.1) is 6.61 Å². The number of nitrogens with one attached hydrogen (secondary N) is 1. The van der Waals surface area contributed by atoms with E-state index in [4.69, 9.17) is 9.47 Å². The molecule has 0 aliphatic carbocycles. The van der Waals surface area contributed by atoms with Crippen LogP contribution in [0.15, 0.2) is 60.7 Å². The number of esters is 2. The first kappa shape index (κ1) is 27.4. The highest BCUT2D eigenvalue weighted by Gasteiger charge is 2.59. The van der Waals surface area contributed by atoms with Gasteiger partial charge >= 0.3 is 11.9 Å². The van der Waals surface area contributed by atoms with E-state index in [1.54, 1.807) is 31.2 Å². The van der Waals surface area contributed by atoms with E-state index in [0.717, 1.165) is 5.56 Å².